The highest BCUT2D eigenvalue weighted by Crippen LogP contribution is 2.33. The van der Waals surface area contributed by atoms with E-state index in [1.807, 2.05) is 0 Å². The van der Waals surface area contributed by atoms with Gasteiger partial charge >= 0.3 is 5.97 Å². The van der Waals surface area contributed by atoms with Crippen LogP contribution in [-0.2, 0) is 14.8 Å². The number of hydrogen-bond donors (Lipinski definition) is 1. The molecule has 0 aromatic heterocycles. The fourth-order valence-electron chi connectivity index (χ4n) is 2.87. The van der Waals surface area contributed by atoms with Crippen LogP contribution in [0.2, 0.25) is 0 Å². The predicted molar refractivity (Wildman–Crippen MR) is 94.9 cm³/mol. The molecule has 1 aliphatic heterocycles. The van der Waals surface area contributed by atoms with Gasteiger partial charge in [0.25, 0.3) is 0 Å². The summed E-state index contributed by atoms with van der Waals surface area (Å²) >= 11 is 0. The second-order valence-electron chi connectivity index (χ2n) is 5.91. The molecule has 1 heterocycles. The molecule has 1 N–H and O–H groups in total. The van der Waals surface area contributed by atoms with E-state index in [4.69, 9.17) is 9.47 Å². The van der Waals surface area contributed by atoms with Crippen molar-refractivity contribution >= 4 is 16.0 Å². The standard InChI is InChI=1S/C18H18FNO6S/c1-25-17-11-14(19)2-3-16(17)12-8-13(18(21)22)10-15(9-12)27(23,24)20-4-6-26-7-5-20/h2-3,8-11H,4-7H2,1H3,(H,21,22). The lowest BCUT2D eigenvalue weighted by molar-refractivity contribution is 0.0696. The molecule has 1 saturated heterocycles. The zero-order valence-corrected chi connectivity index (χ0v) is 15.3. The first-order chi connectivity index (χ1) is 12.8. The smallest absolute Gasteiger partial charge is 0.335 e. The monoisotopic (exact) mass is 395 g/mol. The molecule has 0 radical (unpaired) electrons. The highest BCUT2D eigenvalue weighted by atomic mass is 32.2. The molecule has 0 bridgehead atoms. The van der Waals surface area contributed by atoms with Crippen molar-refractivity contribution in [2.24, 2.45) is 0 Å². The number of benzene rings is 2. The molecule has 144 valence electrons. The Morgan fingerprint density at radius 2 is 1.89 bits per heavy atom. The average Bonchev–Trinajstić information content (AvgIpc) is 2.68. The normalized spacial score (nSPS) is 15.5. The van der Waals surface area contributed by atoms with Crippen molar-refractivity contribution in [1.29, 1.82) is 0 Å². The van der Waals surface area contributed by atoms with Crippen molar-refractivity contribution in [3.63, 3.8) is 0 Å². The number of rotatable bonds is 5. The molecule has 0 spiro atoms. The van der Waals surface area contributed by atoms with Gasteiger partial charge in [0.15, 0.2) is 0 Å². The Bertz CT molecular complexity index is 970. The molecular weight excluding hydrogens is 377 g/mol. The fourth-order valence-corrected chi connectivity index (χ4v) is 4.35. The highest BCUT2D eigenvalue weighted by molar-refractivity contribution is 7.89. The van der Waals surface area contributed by atoms with E-state index in [9.17, 15) is 22.7 Å². The van der Waals surface area contributed by atoms with Crippen LogP contribution in [0.4, 0.5) is 4.39 Å². The van der Waals surface area contributed by atoms with Crippen molar-refractivity contribution in [1.82, 2.24) is 4.31 Å². The number of nitrogens with zero attached hydrogens (tertiary/aromatic N) is 1. The number of morpholine rings is 1. The minimum Gasteiger partial charge on any atom is -0.496 e. The zero-order chi connectivity index (χ0) is 19.6. The van der Waals surface area contributed by atoms with Gasteiger partial charge < -0.3 is 14.6 Å². The van der Waals surface area contributed by atoms with Gasteiger partial charge in [-0.15, -0.1) is 0 Å². The summed E-state index contributed by atoms with van der Waals surface area (Å²) in [6.45, 7) is 0.927. The van der Waals surface area contributed by atoms with Crippen LogP contribution < -0.4 is 4.74 Å². The van der Waals surface area contributed by atoms with Crippen molar-refractivity contribution in [2.45, 2.75) is 4.90 Å². The minimum atomic E-state index is -3.90. The second-order valence-corrected chi connectivity index (χ2v) is 7.85. The Balaban J connectivity index is 2.16. The van der Waals surface area contributed by atoms with E-state index in [1.165, 1.54) is 35.7 Å². The van der Waals surface area contributed by atoms with Gasteiger partial charge in [-0.25, -0.2) is 17.6 Å². The molecule has 9 heteroatoms. The lowest BCUT2D eigenvalue weighted by Gasteiger charge is -2.26. The van der Waals surface area contributed by atoms with E-state index in [0.29, 0.717) is 11.1 Å². The summed E-state index contributed by atoms with van der Waals surface area (Å²) in [6.07, 6.45) is 0. The van der Waals surface area contributed by atoms with Gasteiger partial charge in [-0.2, -0.15) is 4.31 Å². The first-order valence-electron chi connectivity index (χ1n) is 8.13. The largest absolute Gasteiger partial charge is 0.496 e. The molecule has 0 aliphatic carbocycles. The SMILES string of the molecule is COc1cc(F)ccc1-c1cc(C(=O)O)cc(S(=O)(=O)N2CCOCC2)c1. The van der Waals surface area contributed by atoms with Crippen LogP contribution in [0.15, 0.2) is 41.3 Å². The summed E-state index contributed by atoms with van der Waals surface area (Å²) in [5.41, 5.74) is 0.504. The van der Waals surface area contributed by atoms with Crippen LogP contribution in [0.5, 0.6) is 5.75 Å². The molecule has 27 heavy (non-hydrogen) atoms. The molecular formula is C18H18FNO6S. The third-order valence-corrected chi connectivity index (χ3v) is 6.11. The van der Waals surface area contributed by atoms with E-state index >= 15 is 0 Å². The van der Waals surface area contributed by atoms with Crippen LogP contribution in [-0.4, -0.2) is 57.2 Å². The van der Waals surface area contributed by atoms with Gasteiger partial charge in [0.2, 0.25) is 10.0 Å². The van der Waals surface area contributed by atoms with Crippen molar-refractivity contribution in [2.75, 3.05) is 33.4 Å². The molecule has 0 unspecified atom stereocenters. The van der Waals surface area contributed by atoms with Gasteiger partial charge in [-0.05, 0) is 35.9 Å². The summed E-state index contributed by atoms with van der Waals surface area (Å²) in [7, 11) is -2.55. The van der Waals surface area contributed by atoms with E-state index in [-0.39, 0.29) is 42.5 Å². The Morgan fingerprint density at radius 3 is 2.52 bits per heavy atom. The van der Waals surface area contributed by atoms with Crippen LogP contribution in [0.3, 0.4) is 0 Å². The van der Waals surface area contributed by atoms with Gasteiger partial charge in [0.1, 0.15) is 11.6 Å². The summed E-state index contributed by atoms with van der Waals surface area (Å²) < 4.78 is 50.9. The number of carbonyl (C=O) groups is 1. The van der Waals surface area contributed by atoms with Crippen LogP contribution in [0, 0.1) is 5.82 Å². The number of carboxylic acid groups (broad SMARTS) is 1. The maximum absolute atomic E-state index is 13.5. The summed E-state index contributed by atoms with van der Waals surface area (Å²) in [5, 5.41) is 9.41. The molecule has 0 amide bonds. The first-order valence-corrected chi connectivity index (χ1v) is 9.57. The highest BCUT2D eigenvalue weighted by Gasteiger charge is 2.28. The predicted octanol–water partition coefficient (Wildman–Crippen LogP) is 2.22. The molecule has 7 nitrogen and oxygen atoms in total. The molecule has 1 aliphatic rings. The third-order valence-electron chi connectivity index (χ3n) is 4.24. The van der Waals surface area contributed by atoms with Crippen molar-refractivity contribution in [3.8, 4) is 16.9 Å². The van der Waals surface area contributed by atoms with E-state index in [0.717, 1.165) is 12.1 Å². The number of carboxylic acids is 1. The lowest BCUT2D eigenvalue weighted by Crippen LogP contribution is -2.40. The summed E-state index contributed by atoms with van der Waals surface area (Å²) in [6, 6.07) is 7.58. The molecule has 2 aromatic carbocycles. The Morgan fingerprint density at radius 1 is 1.19 bits per heavy atom. The van der Waals surface area contributed by atoms with Gasteiger partial charge in [-0.1, -0.05) is 0 Å². The minimum absolute atomic E-state index is 0.148. The number of methoxy groups -OCH3 is 1. The molecule has 0 saturated carbocycles. The van der Waals surface area contributed by atoms with Crippen LogP contribution in [0.25, 0.3) is 11.1 Å². The number of sulfonamides is 1. The number of ether oxygens (including phenoxy) is 2. The summed E-state index contributed by atoms with van der Waals surface area (Å²) in [5.74, 6) is -1.62. The van der Waals surface area contributed by atoms with Gasteiger partial charge in [-0.3, -0.25) is 0 Å². The number of aromatic carboxylic acids is 1. The van der Waals surface area contributed by atoms with Crippen LogP contribution in [0.1, 0.15) is 10.4 Å². The fraction of sp³-hybridized carbons (Fsp3) is 0.278. The van der Waals surface area contributed by atoms with E-state index < -0.39 is 21.8 Å². The quantitative estimate of drug-likeness (QED) is 0.835. The van der Waals surface area contributed by atoms with Crippen LogP contribution >= 0.6 is 0 Å². The average molecular weight is 395 g/mol. The molecule has 0 atom stereocenters. The zero-order valence-electron chi connectivity index (χ0n) is 14.5. The van der Waals surface area contributed by atoms with Gasteiger partial charge in [0, 0.05) is 24.7 Å². The number of hydrogen-bond acceptors (Lipinski definition) is 5. The van der Waals surface area contributed by atoms with Crippen molar-refractivity contribution in [3.05, 3.63) is 47.8 Å². The Hall–Kier alpha value is -2.49. The van der Waals surface area contributed by atoms with E-state index in [2.05, 4.69) is 0 Å². The summed E-state index contributed by atoms with van der Waals surface area (Å²) in [4.78, 5) is 11.4. The second kappa shape index (κ2) is 7.63. The maximum Gasteiger partial charge on any atom is 0.335 e. The number of halogens is 1. The Kier molecular flexibility index (Phi) is 5.45. The molecule has 2 aromatic rings. The van der Waals surface area contributed by atoms with Gasteiger partial charge in [0.05, 0.1) is 30.8 Å². The molecule has 3 rings (SSSR count). The Labute approximate surface area is 156 Å². The molecule has 1 fully saturated rings. The third kappa shape index (κ3) is 3.95. The first kappa shape index (κ1) is 19.3. The topological polar surface area (TPSA) is 93.1 Å². The van der Waals surface area contributed by atoms with E-state index in [1.54, 1.807) is 0 Å². The van der Waals surface area contributed by atoms with Crippen molar-refractivity contribution < 1.29 is 32.2 Å². The maximum atomic E-state index is 13.5. The lowest BCUT2D eigenvalue weighted by atomic mass is 10.0.